The molecule has 0 spiro atoms. The van der Waals surface area contributed by atoms with E-state index in [9.17, 15) is 0 Å². The summed E-state index contributed by atoms with van der Waals surface area (Å²) >= 11 is 0. The van der Waals surface area contributed by atoms with Gasteiger partial charge in [0, 0.05) is 26.2 Å². The van der Waals surface area contributed by atoms with Crippen LogP contribution < -0.4 is 10.6 Å². The third-order valence-electron chi connectivity index (χ3n) is 3.59. The number of aliphatic imine (C=N–C) groups is 1. The average Bonchev–Trinajstić information content (AvgIpc) is 2.91. The summed E-state index contributed by atoms with van der Waals surface area (Å²) in [5, 5.41) is 6.67. The lowest BCUT2D eigenvalue weighted by Gasteiger charge is -2.13. The van der Waals surface area contributed by atoms with Gasteiger partial charge in [0.05, 0.1) is 6.10 Å². The molecule has 1 aliphatic rings. The molecular weight excluding hydrogens is 377 g/mol. The van der Waals surface area contributed by atoms with Gasteiger partial charge in [0.25, 0.3) is 0 Å². The van der Waals surface area contributed by atoms with Crippen molar-refractivity contribution in [2.45, 2.75) is 65.4 Å². The summed E-state index contributed by atoms with van der Waals surface area (Å²) in [7, 11) is 0. The summed E-state index contributed by atoms with van der Waals surface area (Å²) in [4.78, 5) is 4.59. The van der Waals surface area contributed by atoms with E-state index in [1.807, 2.05) is 0 Å². The first-order valence-electron chi connectivity index (χ1n) is 8.36. The molecule has 0 amide bonds. The number of guanidine groups is 1. The normalized spacial score (nSPS) is 16.1. The zero-order valence-corrected chi connectivity index (χ0v) is 16.3. The zero-order valence-electron chi connectivity index (χ0n) is 14.0. The number of ether oxygens (including phenoxy) is 1. The number of rotatable bonds is 9. The van der Waals surface area contributed by atoms with E-state index < -0.39 is 0 Å². The van der Waals surface area contributed by atoms with Crippen LogP contribution in [0.5, 0.6) is 0 Å². The fourth-order valence-corrected chi connectivity index (χ4v) is 2.38. The van der Waals surface area contributed by atoms with Crippen molar-refractivity contribution in [1.82, 2.24) is 10.6 Å². The van der Waals surface area contributed by atoms with E-state index in [2.05, 4.69) is 36.4 Å². The van der Waals surface area contributed by atoms with Crippen molar-refractivity contribution in [2.24, 2.45) is 10.9 Å². The third kappa shape index (κ3) is 11.2. The van der Waals surface area contributed by atoms with Crippen molar-refractivity contribution >= 4 is 29.9 Å². The second-order valence-electron chi connectivity index (χ2n) is 6.00. The zero-order chi connectivity index (χ0) is 14.6. The summed E-state index contributed by atoms with van der Waals surface area (Å²) in [6, 6.07) is 0. The first-order valence-corrected chi connectivity index (χ1v) is 8.36. The highest BCUT2D eigenvalue weighted by Crippen LogP contribution is 2.20. The van der Waals surface area contributed by atoms with Crippen LogP contribution in [0.15, 0.2) is 4.99 Å². The van der Waals surface area contributed by atoms with Crippen LogP contribution in [-0.2, 0) is 4.74 Å². The average molecular weight is 411 g/mol. The van der Waals surface area contributed by atoms with E-state index in [0.717, 1.165) is 44.5 Å². The Morgan fingerprint density at radius 2 is 1.95 bits per heavy atom. The molecule has 0 aliphatic heterocycles. The lowest BCUT2D eigenvalue weighted by molar-refractivity contribution is 0.0579. The molecule has 1 rings (SSSR count). The van der Waals surface area contributed by atoms with Gasteiger partial charge in [-0.25, -0.2) is 0 Å². The van der Waals surface area contributed by atoms with Gasteiger partial charge in [0.1, 0.15) is 0 Å². The Bertz CT molecular complexity index is 266. The molecule has 5 heteroatoms. The van der Waals surface area contributed by atoms with Gasteiger partial charge in [-0.15, -0.1) is 24.0 Å². The van der Waals surface area contributed by atoms with Crippen LogP contribution in [0.3, 0.4) is 0 Å². The lowest BCUT2D eigenvalue weighted by atomic mass is 10.1. The van der Waals surface area contributed by atoms with Gasteiger partial charge in [-0.3, -0.25) is 4.99 Å². The second-order valence-corrected chi connectivity index (χ2v) is 6.00. The first-order chi connectivity index (χ1) is 9.72. The molecule has 0 aromatic rings. The Hall–Kier alpha value is -0.0400. The van der Waals surface area contributed by atoms with Crippen molar-refractivity contribution in [1.29, 1.82) is 0 Å². The Labute approximate surface area is 147 Å². The molecule has 1 saturated carbocycles. The van der Waals surface area contributed by atoms with Crippen LogP contribution in [0.1, 0.15) is 59.3 Å². The minimum Gasteiger partial charge on any atom is -0.378 e. The number of nitrogens with one attached hydrogen (secondary N) is 2. The molecule has 0 atom stereocenters. The number of nitrogens with zero attached hydrogens (tertiary/aromatic N) is 1. The first kappa shape index (κ1) is 21.0. The standard InChI is InChI=1S/C16H33N3O.HI/c1-4-17-16(19-12-10-14(2)3)18-11-7-13-20-15-8-5-6-9-15;/h14-15H,4-13H2,1-3H3,(H2,17,18,19);1H. The highest BCUT2D eigenvalue weighted by atomic mass is 127. The maximum atomic E-state index is 5.85. The maximum Gasteiger partial charge on any atom is 0.191 e. The van der Waals surface area contributed by atoms with Gasteiger partial charge >= 0.3 is 0 Å². The van der Waals surface area contributed by atoms with Crippen molar-refractivity contribution in [2.75, 3.05) is 26.2 Å². The van der Waals surface area contributed by atoms with Crippen molar-refractivity contribution in [3.8, 4) is 0 Å². The molecule has 0 radical (unpaired) electrons. The van der Waals surface area contributed by atoms with Gasteiger partial charge in [-0.05, 0) is 38.5 Å². The molecule has 1 aliphatic carbocycles. The maximum absolute atomic E-state index is 5.85. The topological polar surface area (TPSA) is 45.7 Å². The molecule has 0 bridgehead atoms. The van der Waals surface area contributed by atoms with Gasteiger partial charge in [-0.1, -0.05) is 26.7 Å². The molecule has 0 saturated heterocycles. The summed E-state index contributed by atoms with van der Waals surface area (Å²) in [5.41, 5.74) is 0. The molecule has 126 valence electrons. The quantitative estimate of drug-likeness (QED) is 0.264. The van der Waals surface area contributed by atoms with Crippen molar-refractivity contribution in [3.63, 3.8) is 0 Å². The van der Waals surface area contributed by atoms with E-state index in [4.69, 9.17) is 4.74 Å². The van der Waals surface area contributed by atoms with Crippen LogP contribution >= 0.6 is 24.0 Å². The van der Waals surface area contributed by atoms with Crippen LogP contribution in [0.4, 0.5) is 0 Å². The molecule has 0 heterocycles. The van der Waals surface area contributed by atoms with Gasteiger partial charge < -0.3 is 15.4 Å². The fourth-order valence-electron chi connectivity index (χ4n) is 2.38. The Kier molecular flexibility index (Phi) is 13.6. The minimum absolute atomic E-state index is 0. The Morgan fingerprint density at radius 3 is 2.57 bits per heavy atom. The molecule has 21 heavy (non-hydrogen) atoms. The predicted molar refractivity (Wildman–Crippen MR) is 102 cm³/mol. The largest absolute Gasteiger partial charge is 0.378 e. The Morgan fingerprint density at radius 1 is 1.24 bits per heavy atom. The second kappa shape index (κ2) is 13.6. The smallest absolute Gasteiger partial charge is 0.191 e. The Balaban J connectivity index is 0.00000400. The highest BCUT2D eigenvalue weighted by molar-refractivity contribution is 14.0. The third-order valence-corrected chi connectivity index (χ3v) is 3.59. The van der Waals surface area contributed by atoms with Gasteiger partial charge in [-0.2, -0.15) is 0 Å². The van der Waals surface area contributed by atoms with E-state index >= 15 is 0 Å². The van der Waals surface area contributed by atoms with E-state index in [-0.39, 0.29) is 24.0 Å². The summed E-state index contributed by atoms with van der Waals surface area (Å²) in [6.45, 7) is 10.2. The number of hydrogen-bond acceptors (Lipinski definition) is 2. The highest BCUT2D eigenvalue weighted by Gasteiger charge is 2.14. The summed E-state index contributed by atoms with van der Waals surface area (Å²) in [5.74, 6) is 1.67. The van der Waals surface area contributed by atoms with Gasteiger partial charge in [0.15, 0.2) is 5.96 Å². The van der Waals surface area contributed by atoms with E-state index in [1.165, 1.54) is 32.1 Å². The SMILES string of the molecule is CCNC(=NCCCOC1CCCC1)NCCC(C)C.I. The summed E-state index contributed by atoms with van der Waals surface area (Å²) < 4.78 is 5.85. The van der Waals surface area contributed by atoms with Crippen LogP contribution in [0, 0.1) is 5.92 Å². The lowest BCUT2D eigenvalue weighted by Crippen LogP contribution is -2.38. The number of hydrogen-bond donors (Lipinski definition) is 2. The molecule has 0 unspecified atom stereocenters. The molecule has 1 fully saturated rings. The molecule has 0 aromatic heterocycles. The number of halogens is 1. The molecular formula is C16H34IN3O. The van der Waals surface area contributed by atoms with Crippen molar-refractivity contribution < 1.29 is 4.74 Å². The molecule has 2 N–H and O–H groups in total. The minimum atomic E-state index is 0. The molecule has 0 aromatic carbocycles. The van der Waals surface area contributed by atoms with Crippen molar-refractivity contribution in [3.05, 3.63) is 0 Å². The summed E-state index contributed by atoms with van der Waals surface area (Å²) in [6.07, 6.45) is 7.90. The van der Waals surface area contributed by atoms with Crippen LogP contribution in [0.2, 0.25) is 0 Å². The van der Waals surface area contributed by atoms with Crippen LogP contribution in [-0.4, -0.2) is 38.3 Å². The predicted octanol–water partition coefficient (Wildman–Crippen LogP) is 3.55. The monoisotopic (exact) mass is 411 g/mol. The van der Waals surface area contributed by atoms with E-state index in [1.54, 1.807) is 0 Å². The van der Waals surface area contributed by atoms with E-state index in [0.29, 0.717) is 6.10 Å². The van der Waals surface area contributed by atoms with Gasteiger partial charge in [0.2, 0.25) is 0 Å². The van der Waals surface area contributed by atoms with Crippen LogP contribution in [0.25, 0.3) is 0 Å². The molecule has 4 nitrogen and oxygen atoms in total. The fraction of sp³-hybridized carbons (Fsp3) is 0.938.